The van der Waals surface area contributed by atoms with E-state index in [9.17, 15) is 22.0 Å². The average Bonchev–Trinajstić information content (AvgIpc) is 2.25. The third kappa shape index (κ3) is 3.08. The maximum Gasteiger partial charge on any atom is 0.269 e. The molecule has 0 spiro atoms. The molecule has 0 aliphatic rings. The van der Waals surface area contributed by atoms with E-state index in [0.29, 0.717) is 0 Å². The first-order valence-electron chi connectivity index (χ1n) is 4.51. The fraction of sp³-hybridized carbons (Fsp3) is 0.400. The molecule has 0 fully saturated rings. The summed E-state index contributed by atoms with van der Waals surface area (Å²) in [5.41, 5.74) is 0. The highest BCUT2D eigenvalue weighted by Crippen LogP contribution is 2.22. The normalized spacial score (nSPS) is 14.6. The average molecular weight is 240 g/mol. The SMILES string of the molecule is FCCC(F)C(F)Oc1cccc(F)c1F. The number of hydrogen-bond donors (Lipinski definition) is 0. The van der Waals surface area contributed by atoms with Gasteiger partial charge in [0.25, 0.3) is 6.36 Å². The van der Waals surface area contributed by atoms with E-state index < -0.39 is 43.0 Å². The lowest BCUT2D eigenvalue weighted by Gasteiger charge is -2.14. The van der Waals surface area contributed by atoms with Crippen molar-refractivity contribution in [1.82, 2.24) is 0 Å². The molecule has 16 heavy (non-hydrogen) atoms. The first kappa shape index (κ1) is 12.7. The van der Waals surface area contributed by atoms with Crippen LogP contribution in [0.1, 0.15) is 6.42 Å². The van der Waals surface area contributed by atoms with Crippen LogP contribution in [-0.4, -0.2) is 19.2 Å². The molecule has 0 radical (unpaired) electrons. The minimum Gasteiger partial charge on any atom is -0.454 e. The van der Waals surface area contributed by atoms with Crippen LogP contribution in [-0.2, 0) is 0 Å². The van der Waals surface area contributed by atoms with Crippen molar-refractivity contribution in [2.45, 2.75) is 19.0 Å². The van der Waals surface area contributed by atoms with Crippen LogP contribution in [0.5, 0.6) is 5.75 Å². The largest absolute Gasteiger partial charge is 0.454 e. The highest BCUT2D eigenvalue weighted by molar-refractivity contribution is 5.25. The van der Waals surface area contributed by atoms with Crippen molar-refractivity contribution < 1.29 is 26.7 Å². The minimum atomic E-state index is -2.52. The number of hydrogen-bond acceptors (Lipinski definition) is 1. The molecule has 1 aromatic rings. The van der Waals surface area contributed by atoms with E-state index in [-0.39, 0.29) is 0 Å². The topological polar surface area (TPSA) is 9.23 Å². The van der Waals surface area contributed by atoms with Gasteiger partial charge in [-0.15, -0.1) is 0 Å². The maximum atomic E-state index is 12.9. The Balaban J connectivity index is 2.69. The van der Waals surface area contributed by atoms with Gasteiger partial charge in [0.1, 0.15) is 0 Å². The summed E-state index contributed by atoms with van der Waals surface area (Å²) < 4.78 is 67.2. The maximum absolute atomic E-state index is 12.9. The molecule has 1 rings (SSSR count). The molecule has 0 aromatic heterocycles. The van der Waals surface area contributed by atoms with E-state index in [2.05, 4.69) is 4.74 Å². The lowest BCUT2D eigenvalue weighted by Crippen LogP contribution is -2.24. The number of alkyl halides is 3. The molecule has 6 heteroatoms. The van der Waals surface area contributed by atoms with E-state index in [1.807, 2.05) is 0 Å². The fourth-order valence-electron chi connectivity index (χ4n) is 1.01. The molecular formula is C10H9F5O. The molecule has 90 valence electrons. The van der Waals surface area contributed by atoms with Crippen molar-refractivity contribution in [3.05, 3.63) is 29.8 Å². The predicted octanol–water partition coefficient (Wildman–Crippen LogP) is 3.34. The van der Waals surface area contributed by atoms with Crippen LogP contribution in [0.2, 0.25) is 0 Å². The number of benzene rings is 1. The molecule has 0 N–H and O–H groups in total. The molecule has 1 nitrogen and oxygen atoms in total. The molecule has 0 heterocycles. The summed E-state index contributed by atoms with van der Waals surface area (Å²) in [7, 11) is 0. The van der Waals surface area contributed by atoms with Gasteiger partial charge in [0, 0.05) is 6.42 Å². The zero-order valence-electron chi connectivity index (χ0n) is 8.10. The van der Waals surface area contributed by atoms with Crippen molar-refractivity contribution in [3.63, 3.8) is 0 Å². The molecule has 0 aliphatic carbocycles. The summed E-state index contributed by atoms with van der Waals surface area (Å²) in [4.78, 5) is 0. The Morgan fingerprint density at radius 2 is 1.88 bits per heavy atom. The summed E-state index contributed by atoms with van der Waals surface area (Å²) in [5.74, 6) is -3.38. The first-order chi connectivity index (χ1) is 7.56. The highest BCUT2D eigenvalue weighted by atomic mass is 19.2. The number of ether oxygens (including phenoxy) is 1. The van der Waals surface area contributed by atoms with Gasteiger partial charge in [-0.05, 0) is 12.1 Å². The lowest BCUT2D eigenvalue weighted by atomic mass is 10.3. The zero-order chi connectivity index (χ0) is 12.1. The molecule has 1 aromatic carbocycles. The Kier molecular flexibility index (Phi) is 4.52. The van der Waals surface area contributed by atoms with Crippen LogP contribution < -0.4 is 4.74 Å². The molecule has 0 bridgehead atoms. The quantitative estimate of drug-likeness (QED) is 0.717. The number of halogens is 5. The Hall–Kier alpha value is -1.33. The molecule has 0 saturated carbocycles. The monoisotopic (exact) mass is 240 g/mol. The van der Waals surface area contributed by atoms with Gasteiger partial charge in [0.05, 0.1) is 6.67 Å². The van der Waals surface area contributed by atoms with Crippen LogP contribution in [0.25, 0.3) is 0 Å². The van der Waals surface area contributed by atoms with Crippen molar-refractivity contribution in [1.29, 1.82) is 0 Å². The van der Waals surface area contributed by atoms with E-state index in [4.69, 9.17) is 0 Å². The Bertz CT molecular complexity index is 344. The Morgan fingerprint density at radius 3 is 2.50 bits per heavy atom. The molecule has 0 saturated heterocycles. The molecule has 0 amide bonds. The second-order valence-electron chi connectivity index (χ2n) is 3.01. The van der Waals surface area contributed by atoms with Crippen molar-refractivity contribution in [3.8, 4) is 5.75 Å². The summed E-state index contributed by atoms with van der Waals surface area (Å²) in [6.07, 6.45) is -5.43. The fourth-order valence-corrected chi connectivity index (χ4v) is 1.01. The third-order valence-electron chi connectivity index (χ3n) is 1.82. The predicted molar refractivity (Wildman–Crippen MR) is 47.4 cm³/mol. The van der Waals surface area contributed by atoms with Gasteiger partial charge in [-0.2, -0.15) is 8.78 Å². The standard InChI is InChI=1S/C10H9F5O/c11-5-4-7(13)10(15)16-8-3-1-2-6(12)9(8)14/h1-3,7,10H,4-5H2. The zero-order valence-corrected chi connectivity index (χ0v) is 8.10. The van der Waals surface area contributed by atoms with Crippen LogP contribution in [0, 0.1) is 11.6 Å². The molecule has 0 aliphatic heterocycles. The highest BCUT2D eigenvalue weighted by Gasteiger charge is 2.23. The summed E-state index contributed by atoms with van der Waals surface area (Å²) in [5, 5.41) is 0. The molecule has 2 atom stereocenters. The van der Waals surface area contributed by atoms with Crippen LogP contribution in [0.3, 0.4) is 0 Å². The summed E-state index contributed by atoms with van der Waals surface area (Å²) in [6, 6.07) is 2.85. The van der Waals surface area contributed by atoms with Crippen LogP contribution >= 0.6 is 0 Å². The van der Waals surface area contributed by atoms with Gasteiger partial charge in [-0.25, -0.2) is 8.78 Å². The smallest absolute Gasteiger partial charge is 0.269 e. The minimum absolute atomic E-state index is 0.696. The van der Waals surface area contributed by atoms with E-state index in [1.54, 1.807) is 0 Å². The van der Waals surface area contributed by atoms with Crippen molar-refractivity contribution in [2.75, 3.05) is 6.67 Å². The van der Waals surface area contributed by atoms with Gasteiger partial charge in [0.2, 0.25) is 5.82 Å². The van der Waals surface area contributed by atoms with E-state index >= 15 is 0 Å². The molecule has 2 unspecified atom stereocenters. The van der Waals surface area contributed by atoms with Crippen LogP contribution in [0.15, 0.2) is 18.2 Å². The van der Waals surface area contributed by atoms with Crippen molar-refractivity contribution >= 4 is 0 Å². The summed E-state index contributed by atoms with van der Waals surface area (Å²) >= 11 is 0. The van der Waals surface area contributed by atoms with Gasteiger partial charge in [-0.3, -0.25) is 4.39 Å². The van der Waals surface area contributed by atoms with Gasteiger partial charge in [-0.1, -0.05) is 6.07 Å². The number of rotatable bonds is 5. The third-order valence-corrected chi connectivity index (χ3v) is 1.82. The molecular weight excluding hydrogens is 231 g/mol. The van der Waals surface area contributed by atoms with E-state index in [1.165, 1.54) is 0 Å². The van der Waals surface area contributed by atoms with Crippen molar-refractivity contribution in [2.24, 2.45) is 0 Å². The van der Waals surface area contributed by atoms with Crippen LogP contribution in [0.4, 0.5) is 22.0 Å². The Labute approximate surface area is 88.8 Å². The first-order valence-corrected chi connectivity index (χ1v) is 4.51. The second kappa shape index (κ2) is 5.67. The van der Waals surface area contributed by atoms with Gasteiger partial charge < -0.3 is 4.74 Å². The Morgan fingerprint density at radius 1 is 1.19 bits per heavy atom. The lowest BCUT2D eigenvalue weighted by molar-refractivity contribution is -0.0139. The summed E-state index contributed by atoms with van der Waals surface area (Å²) in [6.45, 7) is -1.06. The van der Waals surface area contributed by atoms with E-state index in [0.717, 1.165) is 18.2 Å². The second-order valence-corrected chi connectivity index (χ2v) is 3.01. The van der Waals surface area contributed by atoms with Gasteiger partial charge in [0.15, 0.2) is 17.7 Å². The van der Waals surface area contributed by atoms with Gasteiger partial charge >= 0.3 is 0 Å².